The minimum absolute atomic E-state index is 0.146. The Morgan fingerprint density at radius 3 is 2.19 bits per heavy atom. The Morgan fingerprint density at radius 2 is 1.76 bits per heavy atom. The van der Waals surface area contributed by atoms with E-state index in [0.717, 1.165) is 11.1 Å². The van der Waals surface area contributed by atoms with Crippen LogP contribution < -0.4 is 5.32 Å². The van der Waals surface area contributed by atoms with Crippen LogP contribution in [-0.2, 0) is 22.4 Å². The highest BCUT2D eigenvalue weighted by molar-refractivity contribution is 5.80. The lowest BCUT2D eigenvalue weighted by atomic mass is 9.97. The SMILES string of the molecule is CC(C)(C)OC(=O)N[C@H](C(=O)O)C1Cc2ccccc2C1. The molecule has 2 N–H and O–H groups in total. The first-order chi connectivity index (χ1) is 9.76. The van der Waals surface area contributed by atoms with Gasteiger partial charge in [0.1, 0.15) is 11.6 Å². The van der Waals surface area contributed by atoms with Crippen molar-refractivity contribution in [1.82, 2.24) is 5.32 Å². The predicted molar refractivity (Wildman–Crippen MR) is 78.1 cm³/mol. The Labute approximate surface area is 124 Å². The number of hydrogen-bond acceptors (Lipinski definition) is 3. The molecule has 0 fully saturated rings. The molecule has 114 valence electrons. The zero-order valence-electron chi connectivity index (χ0n) is 12.6. The minimum Gasteiger partial charge on any atom is -0.480 e. The number of benzene rings is 1. The first-order valence-corrected chi connectivity index (χ1v) is 7.05. The maximum absolute atomic E-state index is 11.8. The highest BCUT2D eigenvalue weighted by atomic mass is 16.6. The van der Waals surface area contributed by atoms with E-state index in [1.165, 1.54) is 0 Å². The Balaban J connectivity index is 2.05. The summed E-state index contributed by atoms with van der Waals surface area (Å²) in [6.45, 7) is 5.23. The quantitative estimate of drug-likeness (QED) is 0.896. The van der Waals surface area contributed by atoms with Crippen LogP contribution in [0.25, 0.3) is 0 Å². The monoisotopic (exact) mass is 291 g/mol. The van der Waals surface area contributed by atoms with Crippen molar-refractivity contribution in [3.05, 3.63) is 35.4 Å². The number of alkyl carbamates (subject to hydrolysis) is 1. The second-order valence-corrected chi connectivity index (χ2v) is 6.40. The first kappa shape index (κ1) is 15.4. The number of carbonyl (C=O) groups is 2. The summed E-state index contributed by atoms with van der Waals surface area (Å²) in [6.07, 6.45) is 0.622. The number of carboxylic acids is 1. The van der Waals surface area contributed by atoms with Crippen molar-refractivity contribution in [2.45, 2.75) is 45.3 Å². The van der Waals surface area contributed by atoms with E-state index in [9.17, 15) is 14.7 Å². The Kier molecular flexibility index (Phi) is 4.21. The van der Waals surface area contributed by atoms with Gasteiger partial charge in [0, 0.05) is 0 Å². The maximum atomic E-state index is 11.8. The number of fused-ring (bicyclic) bond motifs is 1. The van der Waals surface area contributed by atoms with E-state index in [2.05, 4.69) is 5.32 Å². The van der Waals surface area contributed by atoms with Crippen LogP contribution in [0.3, 0.4) is 0 Å². The van der Waals surface area contributed by atoms with Crippen LogP contribution in [0.1, 0.15) is 31.9 Å². The van der Waals surface area contributed by atoms with Crippen molar-refractivity contribution >= 4 is 12.1 Å². The van der Waals surface area contributed by atoms with Crippen LogP contribution in [0.5, 0.6) is 0 Å². The molecular weight excluding hydrogens is 270 g/mol. The van der Waals surface area contributed by atoms with Crippen LogP contribution >= 0.6 is 0 Å². The van der Waals surface area contributed by atoms with E-state index >= 15 is 0 Å². The van der Waals surface area contributed by atoms with Crippen molar-refractivity contribution in [2.24, 2.45) is 5.92 Å². The van der Waals surface area contributed by atoms with Crippen molar-refractivity contribution in [3.8, 4) is 0 Å². The molecule has 0 heterocycles. The summed E-state index contributed by atoms with van der Waals surface area (Å²) in [5, 5.41) is 11.9. The van der Waals surface area contributed by atoms with Gasteiger partial charge in [0.2, 0.25) is 0 Å². The lowest BCUT2D eigenvalue weighted by Gasteiger charge is -2.24. The van der Waals surface area contributed by atoms with Gasteiger partial charge >= 0.3 is 12.1 Å². The largest absolute Gasteiger partial charge is 0.480 e. The van der Waals surface area contributed by atoms with Gasteiger partial charge in [0.15, 0.2) is 0 Å². The molecule has 5 nitrogen and oxygen atoms in total. The van der Waals surface area contributed by atoms with E-state index in [1.54, 1.807) is 20.8 Å². The number of carboxylic acid groups (broad SMARTS) is 1. The van der Waals surface area contributed by atoms with Crippen LogP contribution in [-0.4, -0.2) is 28.8 Å². The molecule has 1 atom stereocenters. The fourth-order valence-corrected chi connectivity index (χ4v) is 2.64. The van der Waals surface area contributed by atoms with Crippen molar-refractivity contribution in [3.63, 3.8) is 0 Å². The third kappa shape index (κ3) is 3.97. The van der Waals surface area contributed by atoms with Crippen molar-refractivity contribution in [1.29, 1.82) is 0 Å². The summed E-state index contributed by atoms with van der Waals surface area (Å²) in [5.74, 6) is -1.17. The molecule has 0 saturated carbocycles. The number of rotatable bonds is 3. The molecule has 0 spiro atoms. The van der Waals surface area contributed by atoms with Gasteiger partial charge in [-0.05, 0) is 50.7 Å². The topological polar surface area (TPSA) is 75.6 Å². The average Bonchev–Trinajstić information content (AvgIpc) is 2.76. The Hall–Kier alpha value is -2.04. The van der Waals surface area contributed by atoms with E-state index in [-0.39, 0.29) is 5.92 Å². The zero-order chi connectivity index (χ0) is 15.6. The molecule has 1 amide bonds. The van der Waals surface area contributed by atoms with Crippen LogP contribution in [0, 0.1) is 5.92 Å². The molecule has 2 rings (SSSR count). The molecule has 1 aromatic rings. The van der Waals surface area contributed by atoms with Crippen LogP contribution in [0.15, 0.2) is 24.3 Å². The van der Waals surface area contributed by atoms with Gasteiger partial charge in [-0.25, -0.2) is 9.59 Å². The fraction of sp³-hybridized carbons (Fsp3) is 0.500. The molecule has 0 radical (unpaired) electrons. The molecule has 21 heavy (non-hydrogen) atoms. The second kappa shape index (κ2) is 5.76. The van der Waals surface area contributed by atoms with Crippen LogP contribution in [0.4, 0.5) is 4.79 Å². The lowest BCUT2D eigenvalue weighted by Crippen LogP contribution is -2.48. The molecule has 1 aliphatic carbocycles. The highest BCUT2D eigenvalue weighted by Crippen LogP contribution is 2.29. The summed E-state index contributed by atoms with van der Waals surface area (Å²) in [7, 11) is 0. The molecule has 5 heteroatoms. The molecule has 0 unspecified atom stereocenters. The van der Waals surface area contributed by atoms with E-state index < -0.39 is 23.7 Å². The van der Waals surface area contributed by atoms with Gasteiger partial charge in [0.05, 0.1) is 0 Å². The fourth-order valence-electron chi connectivity index (χ4n) is 2.64. The smallest absolute Gasteiger partial charge is 0.408 e. The second-order valence-electron chi connectivity index (χ2n) is 6.40. The third-order valence-electron chi connectivity index (χ3n) is 3.49. The number of hydrogen-bond donors (Lipinski definition) is 2. The standard InChI is InChI=1S/C16H21NO4/c1-16(2,3)21-15(20)17-13(14(18)19)12-8-10-6-4-5-7-11(10)9-12/h4-7,12-13H,8-9H2,1-3H3,(H,17,20)(H,18,19)/t13-/m0/s1. The molecule has 1 aromatic carbocycles. The van der Waals surface area contributed by atoms with Gasteiger partial charge in [-0.1, -0.05) is 24.3 Å². The molecule has 0 aliphatic heterocycles. The van der Waals surface area contributed by atoms with Gasteiger partial charge in [0.25, 0.3) is 0 Å². The summed E-state index contributed by atoms with van der Waals surface area (Å²) >= 11 is 0. The number of amides is 1. The number of ether oxygens (including phenoxy) is 1. The average molecular weight is 291 g/mol. The predicted octanol–water partition coefficient (Wildman–Crippen LogP) is 2.38. The molecule has 0 saturated heterocycles. The summed E-state index contributed by atoms with van der Waals surface area (Å²) in [6, 6.07) is 6.95. The van der Waals surface area contributed by atoms with Crippen molar-refractivity contribution < 1.29 is 19.4 Å². The van der Waals surface area contributed by atoms with E-state index in [1.807, 2.05) is 24.3 Å². The molecule has 0 bridgehead atoms. The number of aliphatic carboxylic acids is 1. The summed E-state index contributed by atoms with van der Waals surface area (Å²) in [4.78, 5) is 23.3. The first-order valence-electron chi connectivity index (χ1n) is 7.05. The van der Waals surface area contributed by atoms with Gasteiger partial charge in [-0.3, -0.25) is 0 Å². The van der Waals surface area contributed by atoms with E-state index in [4.69, 9.17) is 4.74 Å². The third-order valence-corrected chi connectivity index (χ3v) is 3.49. The van der Waals surface area contributed by atoms with Crippen LogP contribution in [0.2, 0.25) is 0 Å². The van der Waals surface area contributed by atoms with E-state index in [0.29, 0.717) is 12.8 Å². The summed E-state index contributed by atoms with van der Waals surface area (Å²) in [5.41, 5.74) is 1.66. The zero-order valence-corrected chi connectivity index (χ0v) is 12.6. The Bertz CT molecular complexity index is 522. The minimum atomic E-state index is -1.03. The van der Waals surface area contributed by atoms with Gasteiger partial charge < -0.3 is 15.2 Å². The Morgan fingerprint density at radius 1 is 1.24 bits per heavy atom. The molecular formula is C16H21NO4. The van der Waals surface area contributed by atoms with Crippen molar-refractivity contribution in [2.75, 3.05) is 0 Å². The van der Waals surface area contributed by atoms with Gasteiger partial charge in [-0.15, -0.1) is 0 Å². The normalized spacial score (nSPS) is 16.1. The maximum Gasteiger partial charge on any atom is 0.408 e. The van der Waals surface area contributed by atoms with Gasteiger partial charge in [-0.2, -0.15) is 0 Å². The highest BCUT2D eigenvalue weighted by Gasteiger charge is 2.35. The number of nitrogens with one attached hydrogen (secondary N) is 1. The lowest BCUT2D eigenvalue weighted by molar-refractivity contribution is -0.140. The summed E-state index contributed by atoms with van der Waals surface area (Å²) < 4.78 is 5.14. The molecule has 0 aromatic heterocycles. The number of carbonyl (C=O) groups excluding carboxylic acids is 1. The molecule has 1 aliphatic rings.